The van der Waals surface area contributed by atoms with Crippen LogP contribution in [0.1, 0.15) is 18.7 Å². The summed E-state index contributed by atoms with van der Waals surface area (Å²) < 4.78 is 5.19. The number of rotatable bonds is 5. The molecule has 1 atom stereocenters. The second-order valence-electron chi connectivity index (χ2n) is 5.92. The van der Waals surface area contributed by atoms with Crippen LogP contribution in [0.15, 0.2) is 29.0 Å². The lowest BCUT2D eigenvalue weighted by molar-refractivity contribution is -0.126. The highest BCUT2D eigenvalue weighted by atomic mass is 16.5. The van der Waals surface area contributed by atoms with E-state index in [2.05, 4.69) is 20.4 Å². The molecule has 9 heteroatoms. The molecule has 0 bridgehead atoms. The van der Waals surface area contributed by atoms with Crippen molar-refractivity contribution in [1.82, 2.24) is 25.3 Å². The molecule has 0 aromatic carbocycles. The van der Waals surface area contributed by atoms with Crippen LogP contribution in [0.5, 0.6) is 0 Å². The van der Waals surface area contributed by atoms with Crippen molar-refractivity contribution in [1.29, 1.82) is 0 Å². The fraction of sp³-hybridized carbons (Fsp3) is 0.438. The Balaban J connectivity index is 1.47. The van der Waals surface area contributed by atoms with Crippen LogP contribution in [-0.2, 0) is 11.2 Å². The standard InChI is InChI=1S/C16H20N6O3/c17-16(24)22-8-2-4-12(10-22)15(23)19-7-5-13-20-14(21-25-13)11-3-1-6-18-9-11/h1,3,6,9,12H,2,4-5,7-8,10H2,(H2,17,24)(H,19,23)/t12-/m0/s1. The molecule has 2 aromatic heterocycles. The van der Waals surface area contributed by atoms with E-state index in [0.717, 1.165) is 18.4 Å². The number of amides is 3. The normalized spacial score (nSPS) is 17.3. The Morgan fingerprint density at radius 3 is 3.08 bits per heavy atom. The summed E-state index contributed by atoms with van der Waals surface area (Å²) in [4.78, 5) is 33.2. The lowest BCUT2D eigenvalue weighted by Gasteiger charge is -2.30. The van der Waals surface area contributed by atoms with E-state index >= 15 is 0 Å². The maximum absolute atomic E-state index is 12.2. The monoisotopic (exact) mass is 344 g/mol. The van der Waals surface area contributed by atoms with Crippen molar-refractivity contribution in [3.63, 3.8) is 0 Å². The lowest BCUT2D eigenvalue weighted by atomic mass is 9.97. The van der Waals surface area contributed by atoms with Crippen LogP contribution < -0.4 is 11.1 Å². The number of urea groups is 1. The number of carbonyl (C=O) groups excluding carboxylic acids is 2. The van der Waals surface area contributed by atoms with Crippen molar-refractivity contribution in [2.75, 3.05) is 19.6 Å². The maximum Gasteiger partial charge on any atom is 0.314 e. The minimum atomic E-state index is -0.480. The van der Waals surface area contributed by atoms with Gasteiger partial charge in [-0.3, -0.25) is 9.78 Å². The Morgan fingerprint density at radius 1 is 1.44 bits per heavy atom. The molecule has 3 N–H and O–H groups in total. The van der Waals surface area contributed by atoms with E-state index < -0.39 is 6.03 Å². The Labute approximate surface area is 144 Å². The van der Waals surface area contributed by atoms with E-state index in [0.29, 0.717) is 37.8 Å². The van der Waals surface area contributed by atoms with Crippen molar-refractivity contribution >= 4 is 11.9 Å². The number of nitrogens with one attached hydrogen (secondary N) is 1. The van der Waals surface area contributed by atoms with Crippen LogP contribution in [0.2, 0.25) is 0 Å². The molecule has 3 amide bonds. The Kier molecular flexibility index (Phi) is 5.22. The molecule has 2 aromatic rings. The summed E-state index contributed by atoms with van der Waals surface area (Å²) in [6, 6.07) is 3.16. The first kappa shape index (κ1) is 16.9. The summed E-state index contributed by atoms with van der Waals surface area (Å²) >= 11 is 0. The summed E-state index contributed by atoms with van der Waals surface area (Å²) in [5.41, 5.74) is 6.05. The number of piperidine rings is 1. The number of primary amides is 1. The van der Waals surface area contributed by atoms with E-state index in [1.54, 1.807) is 18.5 Å². The van der Waals surface area contributed by atoms with Gasteiger partial charge >= 0.3 is 6.03 Å². The third-order valence-electron chi connectivity index (χ3n) is 4.13. The fourth-order valence-electron chi connectivity index (χ4n) is 2.80. The fourth-order valence-corrected chi connectivity index (χ4v) is 2.80. The second kappa shape index (κ2) is 7.73. The molecular formula is C16H20N6O3. The van der Waals surface area contributed by atoms with Gasteiger partial charge in [-0.15, -0.1) is 0 Å². The first-order chi connectivity index (χ1) is 12.1. The van der Waals surface area contributed by atoms with Crippen molar-refractivity contribution in [2.24, 2.45) is 11.7 Å². The Hall–Kier alpha value is -2.97. The summed E-state index contributed by atoms with van der Waals surface area (Å²) in [6.45, 7) is 1.37. The number of nitrogens with zero attached hydrogens (tertiary/aromatic N) is 4. The van der Waals surface area contributed by atoms with Gasteiger partial charge in [0.1, 0.15) is 0 Å². The van der Waals surface area contributed by atoms with Gasteiger partial charge < -0.3 is 20.5 Å². The van der Waals surface area contributed by atoms with Crippen LogP contribution in [0.25, 0.3) is 11.4 Å². The zero-order valence-corrected chi connectivity index (χ0v) is 13.7. The van der Waals surface area contributed by atoms with Crippen LogP contribution in [0.4, 0.5) is 4.79 Å². The van der Waals surface area contributed by atoms with Gasteiger partial charge in [-0.25, -0.2) is 4.79 Å². The summed E-state index contributed by atoms with van der Waals surface area (Å²) in [7, 11) is 0. The molecule has 1 saturated heterocycles. The molecule has 132 valence electrons. The van der Waals surface area contributed by atoms with Crippen LogP contribution in [-0.4, -0.2) is 51.6 Å². The number of nitrogens with two attached hydrogens (primary N) is 1. The van der Waals surface area contributed by atoms with Crippen LogP contribution >= 0.6 is 0 Å². The predicted molar refractivity (Wildman–Crippen MR) is 88.1 cm³/mol. The van der Waals surface area contributed by atoms with Crippen LogP contribution in [0, 0.1) is 5.92 Å². The highest BCUT2D eigenvalue weighted by Gasteiger charge is 2.27. The summed E-state index contributed by atoms with van der Waals surface area (Å²) in [5.74, 6) is 0.605. The maximum atomic E-state index is 12.2. The lowest BCUT2D eigenvalue weighted by Crippen LogP contribution is -2.47. The number of likely N-dealkylation sites (tertiary alicyclic amines) is 1. The molecule has 3 heterocycles. The SMILES string of the molecule is NC(=O)N1CCC[C@H](C(=O)NCCc2nc(-c3cccnc3)no2)C1. The van der Waals surface area contributed by atoms with E-state index in [9.17, 15) is 9.59 Å². The van der Waals surface area contributed by atoms with Gasteiger partial charge in [0.05, 0.1) is 5.92 Å². The first-order valence-electron chi connectivity index (χ1n) is 8.18. The van der Waals surface area contributed by atoms with Crippen molar-refractivity contribution in [3.8, 4) is 11.4 Å². The van der Waals surface area contributed by atoms with Gasteiger partial charge in [-0.2, -0.15) is 4.98 Å². The third kappa shape index (κ3) is 4.31. The Bertz CT molecular complexity index is 732. The Morgan fingerprint density at radius 2 is 2.32 bits per heavy atom. The molecule has 9 nitrogen and oxygen atoms in total. The van der Waals surface area contributed by atoms with Gasteiger partial charge in [0.15, 0.2) is 0 Å². The van der Waals surface area contributed by atoms with E-state index in [4.69, 9.17) is 10.3 Å². The first-order valence-corrected chi connectivity index (χ1v) is 8.18. The largest absolute Gasteiger partial charge is 0.355 e. The molecule has 1 aliphatic rings. The van der Waals surface area contributed by atoms with Gasteiger partial charge in [-0.1, -0.05) is 5.16 Å². The average molecular weight is 344 g/mol. The van der Waals surface area contributed by atoms with Gasteiger partial charge in [0.2, 0.25) is 17.6 Å². The molecular weight excluding hydrogens is 324 g/mol. The van der Waals surface area contributed by atoms with Crippen molar-refractivity contribution < 1.29 is 14.1 Å². The summed E-state index contributed by atoms with van der Waals surface area (Å²) in [5, 5.41) is 6.76. The van der Waals surface area contributed by atoms with E-state index in [1.807, 2.05) is 6.07 Å². The number of pyridine rings is 1. The molecule has 25 heavy (non-hydrogen) atoms. The van der Waals surface area contributed by atoms with Gasteiger partial charge in [0, 0.05) is 44.0 Å². The molecule has 0 saturated carbocycles. The van der Waals surface area contributed by atoms with Gasteiger partial charge in [-0.05, 0) is 25.0 Å². The highest BCUT2D eigenvalue weighted by Crippen LogP contribution is 2.16. The molecule has 0 aliphatic carbocycles. The number of hydrogen-bond acceptors (Lipinski definition) is 6. The minimum absolute atomic E-state index is 0.0852. The predicted octanol–water partition coefficient (Wildman–Crippen LogP) is 0.581. The molecule has 0 radical (unpaired) electrons. The number of carbonyl (C=O) groups is 2. The summed E-state index contributed by atoms with van der Waals surface area (Å²) in [6.07, 6.45) is 5.29. The molecule has 1 fully saturated rings. The van der Waals surface area contributed by atoms with Crippen molar-refractivity contribution in [2.45, 2.75) is 19.3 Å². The molecule has 0 unspecified atom stereocenters. The highest BCUT2D eigenvalue weighted by molar-refractivity contribution is 5.80. The van der Waals surface area contributed by atoms with E-state index in [1.165, 1.54) is 4.90 Å². The topological polar surface area (TPSA) is 127 Å². The quantitative estimate of drug-likeness (QED) is 0.817. The zero-order chi connectivity index (χ0) is 17.6. The molecule has 3 rings (SSSR count). The number of hydrogen-bond donors (Lipinski definition) is 2. The molecule has 1 aliphatic heterocycles. The van der Waals surface area contributed by atoms with Crippen LogP contribution in [0.3, 0.4) is 0 Å². The second-order valence-corrected chi connectivity index (χ2v) is 5.92. The minimum Gasteiger partial charge on any atom is -0.355 e. The van der Waals surface area contributed by atoms with Gasteiger partial charge in [0.25, 0.3) is 0 Å². The number of aromatic nitrogens is 3. The van der Waals surface area contributed by atoms with E-state index in [-0.39, 0.29) is 11.8 Å². The third-order valence-corrected chi connectivity index (χ3v) is 4.13. The van der Waals surface area contributed by atoms with Crippen molar-refractivity contribution in [3.05, 3.63) is 30.4 Å². The molecule has 0 spiro atoms. The smallest absolute Gasteiger partial charge is 0.314 e. The zero-order valence-electron chi connectivity index (χ0n) is 13.7. The average Bonchev–Trinajstić information content (AvgIpc) is 3.11.